The second-order valence-electron chi connectivity index (χ2n) is 7.38. The minimum atomic E-state index is -0.910. The zero-order valence-electron chi connectivity index (χ0n) is 16.3. The number of nitrogens with one attached hydrogen (secondary N) is 2. The van der Waals surface area contributed by atoms with Gasteiger partial charge < -0.3 is 15.4 Å². The molecule has 0 aromatic carbocycles. The van der Waals surface area contributed by atoms with E-state index in [1.807, 2.05) is 22.6 Å². The summed E-state index contributed by atoms with van der Waals surface area (Å²) in [6, 6.07) is 5.27. The van der Waals surface area contributed by atoms with Gasteiger partial charge in [-0.1, -0.05) is 6.07 Å². The summed E-state index contributed by atoms with van der Waals surface area (Å²) in [6.07, 6.45) is 4.71. The quantitative estimate of drug-likeness (QED) is 0.667. The molecule has 2 fully saturated rings. The number of piperidine rings is 1. The maximum atomic E-state index is 14.2. The third-order valence-corrected chi connectivity index (χ3v) is 5.39. The van der Waals surface area contributed by atoms with Gasteiger partial charge in [-0.05, 0) is 25.1 Å². The van der Waals surface area contributed by atoms with Crippen LogP contribution in [0.25, 0.3) is 17.0 Å². The van der Waals surface area contributed by atoms with Crippen LogP contribution in [0, 0.1) is 0 Å². The van der Waals surface area contributed by atoms with Crippen molar-refractivity contribution >= 4 is 23.2 Å². The minimum absolute atomic E-state index is 0.0529. The molecule has 1 amide bonds. The predicted molar refractivity (Wildman–Crippen MR) is 109 cm³/mol. The normalized spacial score (nSPS) is 22.4. The summed E-state index contributed by atoms with van der Waals surface area (Å²) in [6.45, 7) is 2.24. The van der Waals surface area contributed by atoms with Crippen LogP contribution < -0.4 is 15.5 Å². The van der Waals surface area contributed by atoms with Crippen molar-refractivity contribution in [1.82, 2.24) is 24.7 Å². The molecule has 3 aromatic rings. The number of alkyl halides is 1. The van der Waals surface area contributed by atoms with Crippen molar-refractivity contribution < 1.29 is 13.9 Å². The van der Waals surface area contributed by atoms with E-state index < -0.39 is 6.17 Å². The smallest absolute Gasteiger partial charge is 0.254 e. The number of nitrogens with zero attached hydrogens (tertiary/aromatic N) is 5. The molecule has 2 aliphatic heterocycles. The van der Waals surface area contributed by atoms with Crippen molar-refractivity contribution in [3.63, 3.8) is 0 Å². The standard InChI is InChI=1S/C20H22FN7O2/c21-13-4-5-22-8-15(13)26-17-3-1-2-14(25-17)16-9-23-18-10-24-19(11-28(16)18)27-6-7-30-12-20(27)29/h1-3,9-11,13,15,22H,4-8,12H2,(H,25,26). The fourth-order valence-corrected chi connectivity index (χ4v) is 3.78. The summed E-state index contributed by atoms with van der Waals surface area (Å²) in [5, 5.41) is 6.39. The van der Waals surface area contributed by atoms with Crippen LogP contribution in [0.15, 0.2) is 36.8 Å². The molecule has 5 rings (SSSR count). The zero-order chi connectivity index (χ0) is 20.5. The number of anilines is 2. The van der Waals surface area contributed by atoms with Gasteiger partial charge in [-0.15, -0.1) is 0 Å². The molecule has 156 valence electrons. The molecule has 0 bridgehead atoms. The lowest BCUT2D eigenvalue weighted by Gasteiger charge is -2.28. The summed E-state index contributed by atoms with van der Waals surface area (Å²) < 4.78 is 21.2. The van der Waals surface area contributed by atoms with Gasteiger partial charge in [0.05, 0.1) is 49.2 Å². The highest BCUT2D eigenvalue weighted by Gasteiger charge is 2.25. The van der Waals surface area contributed by atoms with Crippen molar-refractivity contribution in [3.8, 4) is 11.4 Å². The summed E-state index contributed by atoms with van der Waals surface area (Å²) in [7, 11) is 0. The Morgan fingerprint density at radius 2 is 2.20 bits per heavy atom. The highest BCUT2D eigenvalue weighted by atomic mass is 19.1. The van der Waals surface area contributed by atoms with Crippen molar-refractivity contribution in [2.24, 2.45) is 0 Å². The fraction of sp³-hybridized carbons (Fsp3) is 0.400. The Hall–Kier alpha value is -3.11. The van der Waals surface area contributed by atoms with Crippen LogP contribution in [0.3, 0.4) is 0 Å². The van der Waals surface area contributed by atoms with Gasteiger partial charge in [0.15, 0.2) is 11.5 Å². The maximum absolute atomic E-state index is 14.2. The lowest BCUT2D eigenvalue weighted by atomic mass is 10.1. The minimum Gasteiger partial charge on any atom is -0.370 e. The number of ether oxygens (including phenoxy) is 1. The third-order valence-electron chi connectivity index (χ3n) is 5.39. The Labute approximate surface area is 172 Å². The Morgan fingerprint density at radius 1 is 1.27 bits per heavy atom. The van der Waals surface area contributed by atoms with E-state index in [4.69, 9.17) is 4.74 Å². The highest BCUT2D eigenvalue weighted by Crippen LogP contribution is 2.23. The molecule has 0 radical (unpaired) electrons. The second kappa shape index (κ2) is 7.96. The first-order valence-electron chi connectivity index (χ1n) is 9.99. The van der Waals surface area contributed by atoms with Crippen molar-refractivity contribution in [2.75, 3.05) is 43.1 Å². The van der Waals surface area contributed by atoms with Gasteiger partial charge in [-0.25, -0.2) is 19.3 Å². The number of aromatic nitrogens is 4. The van der Waals surface area contributed by atoms with E-state index >= 15 is 0 Å². The number of carbonyl (C=O) groups excluding carboxylic acids is 1. The number of rotatable bonds is 4. The summed E-state index contributed by atoms with van der Waals surface area (Å²) in [4.78, 5) is 27.2. The third kappa shape index (κ3) is 3.59. The van der Waals surface area contributed by atoms with Crippen LogP contribution in [0.4, 0.5) is 16.0 Å². The number of fused-ring (bicyclic) bond motifs is 1. The first-order chi connectivity index (χ1) is 14.7. The molecule has 0 aliphatic carbocycles. The highest BCUT2D eigenvalue weighted by molar-refractivity contribution is 5.93. The van der Waals surface area contributed by atoms with Crippen molar-refractivity contribution in [2.45, 2.75) is 18.6 Å². The van der Waals surface area contributed by atoms with E-state index in [2.05, 4.69) is 25.6 Å². The first-order valence-corrected chi connectivity index (χ1v) is 9.99. The number of imidazole rings is 1. The zero-order valence-corrected chi connectivity index (χ0v) is 16.3. The topological polar surface area (TPSA) is 96.7 Å². The molecule has 3 aromatic heterocycles. The first kappa shape index (κ1) is 18.9. The van der Waals surface area contributed by atoms with Crippen LogP contribution >= 0.6 is 0 Å². The molecular formula is C20H22FN7O2. The molecule has 2 unspecified atom stereocenters. The lowest BCUT2D eigenvalue weighted by molar-refractivity contribution is -0.125. The molecule has 5 heterocycles. The largest absolute Gasteiger partial charge is 0.370 e. The second-order valence-corrected chi connectivity index (χ2v) is 7.38. The maximum Gasteiger partial charge on any atom is 0.254 e. The molecule has 0 spiro atoms. The van der Waals surface area contributed by atoms with E-state index in [1.54, 1.807) is 23.5 Å². The molecule has 2 N–H and O–H groups in total. The fourth-order valence-electron chi connectivity index (χ4n) is 3.78. The Morgan fingerprint density at radius 3 is 3.07 bits per heavy atom. The van der Waals surface area contributed by atoms with Gasteiger partial charge in [0.25, 0.3) is 5.91 Å². The average Bonchev–Trinajstić information content (AvgIpc) is 3.19. The van der Waals surface area contributed by atoms with E-state index in [0.29, 0.717) is 55.6 Å². The Balaban J connectivity index is 1.45. The van der Waals surface area contributed by atoms with Crippen LogP contribution in [0.5, 0.6) is 0 Å². The number of halogens is 1. The molecule has 0 saturated carbocycles. The molecule has 2 saturated heterocycles. The van der Waals surface area contributed by atoms with Gasteiger partial charge in [0.2, 0.25) is 0 Å². The SMILES string of the molecule is O=C1COCCN1c1cn2c(-c3cccc(NC4CNCCC4F)n3)cnc2cn1. The predicted octanol–water partition coefficient (Wildman–Crippen LogP) is 1.27. The van der Waals surface area contributed by atoms with Crippen LogP contribution in [0.2, 0.25) is 0 Å². The number of carbonyl (C=O) groups is 1. The van der Waals surface area contributed by atoms with E-state index in [9.17, 15) is 9.18 Å². The van der Waals surface area contributed by atoms with Gasteiger partial charge in [0, 0.05) is 6.54 Å². The molecular weight excluding hydrogens is 389 g/mol. The summed E-state index contributed by atoms with van der Waals surface area (Å²) in [5.74, 6) is 1.02. The van der Waals surface area contributed by atoms with Crippen LogP contribution in [0.1, 0.15) is 6.42 Å². The molecule has 9 nitrogen and oxygen atoms in total. The summed E-state index contributed by atoms with van der Waals surface area (Å²) >= 11 is 0. The van der Waals surface area contributed by atoms with Gasteiger partial charge in [-0.3, -0.25) is 14.1 Å². The monoisotopic (exact) mass is 411 g/mol. The van der Waals surface area contributed by atoms with E-state index in [0.717, 1.165) is 5.69 Å². The number of morpholine rings is 1. The Bertz CT molecular complexity index is 1070. The lowest BCUT2D eigenvalue weighted by Crippen LogP contribution is -2.46. The average molecular weight is 411 g/mol. The number of pyridine rings is 1. The van der Waals surface area contributed by atoms with E-state index in [-0.39, 0.29) is 18.6 Å². The molecule has 2 atom stereocenters. The number of amides is 1. The van der Waals surface area contributed by atoms with Crippen molar-refractivity contribution in [3.05, 3.63) is 36.8 Å². The van der Waals surface area contributed by atoms with Gasteiger partial charge in [-0.2, -0.15) is 0 Å². The summed E-state index contributed by atoms with van der Waals surface area (Å²) in [5.41, 5.74) is 2.10. The van der Waals surface area contributed by atoms with E-state index in [1.165, 1.54) is 0 Å². The molecule has 2 aliphatic rings. The number of hydrogen-bond acceptors (Lipinski definition) is 7. The molecule has 10 heteroatoms. The number of hydrogen-bond donors (Lipinski definition) is 2. The van der Waals surface area contributed by atoms with Crippen molar-refractivity contribution in [1.29, 1.82) is 0 Å². The Kier molecular flexibility index (Phi) is 5.01. The van der Waals surface area contributed by atoms with Crippen LogP contribution in [-0.2, 0) is 9.53 Å². The van der Waals surface area contributed by atoms with Gasteiger partial charge >= 0.3 is 0 Å². The van der Waals surface area contributed by atoms with Gasteiger partial charge in [0.1, 0.15) is 18.6 Å². The molecule has 30 heavy (non-hydrogen) atoms. The van der Waals surface area contributed by atoms with Crippen LogP contribution in [-0.4, -0.2) is 70.3 Å².